The van der Waals surface area contributed by atoms with Gasteiger partial charge in [-0.3, -0.25) is 9.59 Å². The number of halogens is 2. The number of hydrogen-bond acceptors (Lipinski definition) is 2. The van der Waals surface area contributed by atoms with Crippen molar-refractivity contribution >= 4 is 46.4 Å². The highest BCUT2D eigenvalue weighted by molar-refractivity contribution is 6.35. The summed E-state index contributed by atoms with van der Waals surface area (Å²) in [5, 5.41) is 6.61. The second kappa shape index (κ2) is 7.68. The lowest BCUT2D eigenvalue weighted by Crippen LogP contribution is -2.21. The number of benzene rings is 2. The summed E-state index contributed by atoms with van der Waals surface area (Å²) < 4.78 is 0. The third kappa shape index (κ3) is 4.19. The third-order valence-electron chi connectivity index (χ3n) is 4.49. The Labute approximate surface area is 162 Å². The van der Waals surface area contributed by atoms with Crippen LogP contribution in [0, 0.1) is 11.8 Å². The molecule has 26 heavy (non-hydrogen) atoms. The van der Waals surface area contributed by atoms with E-state index in [1.807, 2.05) is 24.3 Å². The van der Waals surface area contributed by atoms with Crippen LogP contribution in [-0.2, 0) is 9.59 Å². The maximum atomic E-state index is 12.5. The largest absolute Gasteiger partial charge is 0.326 e. The van der Waals surface area contributed by atoms with Gasteiger partial charge in [0.1, 0.15) is 0 Å². The molecule has 0 aromatic heterocycles. The Hall–Kier alpha value is -2.04. The highest BCUT2D eigenvalue weighted by atomic mass is 35.5. The Morgan fingerprint density at radius 2 is 1.58 bits per heavy atom. The molecule has 2 N–H and O–H groups in total. The van der Waals surface area contributed by atoms with E-state index in [0.717, 1.165) is 11.3 Å². The molecule has 0 saturated heterocycles. The maximum absolute atomic E-state index is 12.5. The number of hydrogen-bond donors (Lipinski definition) is 2. The molecule has 6 heteroatoms. The zero-order valence-corrected chi connectivity index (χ0v) is 16.1. The molecular formula is C20H20Cl2N2O2. The van der Waals surface area contributed by atoms with E-state index >= 15 is 0 Å². The average Bonchev–Trinajstić information content (AvgIpc) is 3.39. The number of carbonyl (C=O) groups excluding carboxylic acids is 2. The number of nitrogens with one attached hydrogen (secondary N) is 2. The zero-order chi connectivity index (χ0) is 18.8. The van der Waals surface area contributed by atoms with Crippen molar-refractivity contribution in [1.82, 2.24) is 0 Å². The number of carbonyl (C=O) groups is 2. The molecule has 0 aliphatic heterocycles. The maximum Gasteiger partial charge on any atom is 0.228 e. The Kier molecular flexibility index (Phi) is 5.54. The molecular weight excluding hydrogens is 371 g/mol. The summed E-state index contributed by atoms with van der Waals surface area (Å²) in [6, 6.07) is 12.6. The lowest BCUT2D eigenvalue weighted by Gasteiger charge is -2.13. The molecule has 2 aromatic carbocycles. The summed E-state index contributed by atoms with van der Waals surface area (Å²) in [5.41, 5.74) is 2.34. The fourth-order valence-corrected chi connectivity index (χ4v) is 3.27. The van der Waals surface area contributed by atoms with Crippen molar-refractivity contribution in [2.75, 3.05) is 10.6 Å². The number of amides is 2. The summed E-state index contributed by atoms with van der Waals surface area (Å²) in [6.45, 7) is 4.15. The van der Waals surface area contributed by atoms with Gasteiger partial charge in [-0.05, 0) is 42.2 Å². The minimum Gasteiger partial charge on any atom is -0.326 e. The van der Waals surface area contributed by atoms with E-state index in [9.17, 15) is 9.59 Å². The van der Waals surface area contributed by atoms with Crippen LogP contribution >= 0.6 is 23.2 Å². The van der Waals surface area contributed by atoms with Crippen molar-refractivity contribution in [2.45, 2.75) is 26.2 Å². The van der Waals surface area contributed by atoms with Gasteiger partial charge in [0, 0.05) is 10.7 Å². The number of rotatable bonds is 5. The van der Waals surface area contributed by atoms with Gasteiger partial charge in [0.15, 0.2) is 0 Å². The highest BCUT2D eigenvalue weighted by Gasteiger charge is 2.48. The second-order valence-electron chi connectivity index (χ2n) is 6.79. The van der Waals surface area contributed by atoms with Crippen LogP contribution in [0.2, 0.25) is 10.0 Å². The summed E-state index contributed by atoms with van der Waals surface area (Å²) in [7, 11) is 0. The zero-order valence-electron chi connectivity index (χ0n) is 14.6. The molecule has 1 fully saturated rings. The predicted octanol–water partition coefficient (Wildman–Crippen LogP) is 5.33. The Morgan fingerprint density at radius 3 is 2.23 bits per heavy atom. The normalized spacial score (nSPS) is 18.5. The van der Waals surface area contributed by atoms with E-state index in [0.29, 0.717) is 28.1 Å². The van der Waals surface area contributed by atoms with Gasteiger partial charge in [0.2, 0.25) is 11.8 Å². The van der Waals surface area contributed by atoms with Crippen LogP contribution in [0.1, 0.15) is 31.7 Å². The number of para-hydroxylation sites is 1. The molecule has 3 rings (SSSR count). The minimum atomic E-state index is -0.351. The third-order valence-corrected chi connectivity index (χ3v) is 5.06. The lowest BCUT2D eigenvalue weighted by molar-refractivity contribution is -0.122. The van der Waals surface area contributed by atoms with E-state index in [-0.39, 0.29) is 23.7 Å². The smallest absolute Gasteiger partial charge is 0.228 e. The van der Waals surface area contributed by atoms with E-state index in [2.05, 4.69) is 24.5 Å². The Balaban J connectivity index is 1.62. The van der Waals surface area contributed by atoms with E-state index < -0.39 is 0 Å². The molecule has 2 atom stereocenters. The van der Waals surface area contributed by atoms with Crippen molar-refractivity contribution in [1.29, 1.82) is 0 Å². The van der Waals surface area contributed by atoms with Gasteiger partial charge in [-0.2, -0.15) is 0 Å². The summed E-state index contributed by atoms with van der Waals surface area (Å²) in [6.07, 6.45) is 0.527. The van der Waals surface area contributed by atoms with Gasteiger partial charge in [-0.1, -0.05) is 55.2 Å². The standard InChI is InChI=1S/C20H20Cl2N2O2/c1-11(2)13-5-3-4-6-17(13)23-19(25)14-10-15(14)20(26)24-18-9-12(21)7-8-16(18)22/h3-9,11,14-15H,10H2,1-2H3,(H,23,25)(H,24,26). The molecule has 4 nitrogen and oxygen atoms in total. The van der Waals surface area contributed by atoms with Gasteiger partial charge in [0.05, 0.1) is 22.5 Å². The van der Waals surface area contributed by atoms with Crippen molar-refractivity contribution in [2.24, 2.45) is 11.8 Å². The highest BCUT2D eigenvalue weighted by Crippen LogP contribution is 2.41. The SMILES string of the molecule is CC(C)c1ccccc1NC(=O)C1CC1C(=O)Nc1cc(Cl)ccc1Cl. The summed E-state index contributed by atoms with van der Waals surface area (Å²) in [4.78, 5) is 24.9. The van der Waals surface area contributed by atoms with Gasteiger partial charge in [-0.15, -0.1) is 0 Å². The van der Waals surface area contributed by atoms with Crippen LogP contribution in [0.15, 0.2) is 42.5 Å². The quantitative estimate of drug-likeness (QED) is 0.724. The van der Waals surface area contributed by atoms with Gasteiger partial charge >= 0.3 is 0 Å². The fourth-order valence-electron chi connectivity index (χ4n) is 2.93. The lowest BCUT2D eigenvalue weighted by atomic mass is 10.0. The van der Waals surface area contributed by atoms with Gasteiger partial charge in [0.25, 0.3) is 0 Å². The summed E-state index contributed by atoms with van der Waals surface area (Å²) in [5.74, 6) is -0.721. The topological polar surface area (TPSA) is 58.2 Å². The molecule has 1 aliphatic rings. The Morgan fingerprint density at radius 1 is 0.962 bits per heavy atom. The first-order valence-corrected chi connectivity index (χ1v) is 9.28. The van der Waals surface area contributed by atoms with E-state index in [4.69, 9.17) is 23.2 Å². The molecule has 1 saturated carbocycles. The van der Waals surface area contributed by atoms with Crippen molar-refractivity contribution in [3.05, 3.63) is 58.1 Å². The van der Waals surface area contributed by atoms with E-state index in [1.165, 1.54) is 0 Å². The molecule has 136 valence electrons. The first-order chi connectivity index (χ1) is 12.4. The van der Waals surface area contributed by atoms with Crippen LogP contribution < -0.4 is 10.6 Å². The molecule has 0 radical (unpaired) electrons. The molecule has 2 aromatic rings. The first kappa shape index (κ1) is 18.7. The number of anilines is 2. The molecule has 1 aliphatic carbocycles. The Bertz CT molecular complexity index is 851. The summed E-state index contributed by atoms with van der Waals surface area (Å²) >= 11 is 12.0. The van der Waals surface area contributed by atoms with E-state index in [1.54, 1.807) is 18.2 Å². The van der Waals surface area contributed by atoms with Crippen molar-refractivity contribution in [3.63, 3.8) is 0 Å². The van der Waals surface area contributed by atoms with Crippen LogP contribution in [0.5, 0.6) is 0 Å². The molecule has 0 spiro atoms. The van der Waals surface area contributed by atoms with Gasteiger partial charge in [-0.25, -0.2) is 0 Å². The van der Waals surface area contributed by atoms with Crippen LogP contribution in [-0.4, -0.2) is 11.8 Å². The molecule has 0 heterocycles. The molecule has 2 unspecified atom stereocenters. The van der Waals surface area contributed by atoms with Crippen LogP contribution in [0.25, 0.3) is 0 Å². The predicted molar refractivity (Wildman–Crippen MR) is 106 cm³/mol. The molecule has 2 amide bonds. The van der Waals surface area contributed by atoms with Crippen molar-refractivity contribution in [3.8, 4) is 0 Å². The minimum absolute atomic E-state index is 0.129. The first-order valence-electron chi connectivity index (χ1n) is 8.52. The fraction of sp³-hybridized carbons (Fsp3) is 0.300. The average molecular weight is 391 g/mol. The van der Waals surface area contributed by atoms with Crippen LogP contribution in [0.4, 0.5) is 11.4 Å². The monoisotopic (exact) mass is 390 g/mol. The second-order valence-corrected chi connectivity index (χ2v) is 7.64. The van der Waals surface area contributed by atoms with Crippen molar-refractivity contribution < 1.29 is 9.59 Å². The molecule has 0 bridgehead atoms. The van der Waals surface area contributed by atoms with Gasteiger partial charge < -0.3 is 10.6 Å². The van der Waals surface area contributed by atoms with Crippen LogP contribution in [0.3, 0.4) is 0 Å².